The van der Waals surface area contributed by atoms with E-state index in [2.05, 4.69) is 26.9 Å². The van der Waals surface area contributed by atoms with Crippen molar-refractivity contribution in [2.45, 2.75) is 50.9 Å². The molecule has 166 valence electrons. The van der Waals surface area contributed by atoms with Gasteiger partial charge in [-0.1, -0.05) is 23.4 Å². The van der Waals surface area contributed by atoms with Crippen LogP contribution in [0.1, 0.15) is 41.6 Å². The van der Waals surface area contributed by atoms with Crippen molar-refractivity contribution in [1.82, 2.24) is 14.8 Å². The number of nitrogens with one attached hydrogen (secondary N) is 2. The van der Waals surface area contributed by atoms with Gasteiger partial charge < -0.3 is 15.2 Å². The molecule has 0 bridgehead atoms. The molecule has 10 heteroatoms. The summed E-state index contributed by atoms with van der Waals surface area (Å²) in [7, 11) is 0. The first-order chi connectivity index (χ1) is 15.6. The SMILES string of the molecule is CCn1c(CNc2ccc(Cl)cc2)nnc1SCC(=O)Nc1sc2c(c1C#N)CCCC2. The first kappa shape index (κ1) is 22.6. The smallest absolute Gasteiger partial charge is 0.235 e. The number of benzene rings is 1. The molecule has 0 atom stereocenters. The van der Waals surface area contributed by atoms with Crippen LogP contribution in [0.4, 0.5) is 10.7 Å². The molecule has 0 unspecified atom stereocenters. The Hall–Kier alpha value is -2.54. The number of thiophene rings is 1. The lowest BCUT2D eigenvalue weighted by Crippen LogP contribution is -2.15. The predicted molar refractivity (Wildman–Crippen MR) is 130 cm³/mol. The number of hydrogen-bond acceptors (Lipinski definition) is 7. The number of aromatic nitrogens is 3. The Kier molecular flexibility index (Phi) is 7.35. The number of nitrogens with zero attached hydrogens (tertiary/aromatic N) is 4. The first-order valence-corrected chi connectivity index (χ1v) is 12.7. The molecule has 0 radical (unpaired) electrons. The average Bonchev–Trinajstić information content (AvgIpc) is 3.36. The molecule has 4 rings (SSSR count). The second-order valence-corrected chi connectivity index (χ2v) is 9.85. The Balaban J connectivity index is 1.36. The third-order valence-corrected chi connectivity index (χ3v) is 7.70. The lowest BCUT2D eigenvalue weighted by Gasteiger charge is -2.09. The highest BCUT2D eigenvalue weighted by atomic mass is 35.5. The summed E-state index contributed by atoms with van der Waals surface area (Å²) in [6, 6.07) is 9.76. The normalized spacial score (nSPS) is 12.8. The number of aryl methyl sites for hydroxylation is 1. The molecular formula is C22H23ClN6OS2. The zero-order valence-corrected chi connectivity index (χ0v) is 20.0. The molecule has 1 aliphatic carbocycles. The lowest BCUT2D eigenvalue weighted by molar-refractivity contribution is -0.113. The van der Waals surface area contributed by atoms with Gasteiger partial charge in [-0.15, -0.1) is 21.5 Å². The Morgan fingerprint density at radius 1 is 1.28 bits per heavy atom. The molecule has 1 amide bonds. The molecule has 0 fully saturated rings. The summed E-state index contributed by atoms with van der Waals surface area (Å²) in [5, 5.41) is 26.4. The highest BCUT2D eigenvalue weighted by molar-refractivity contribution is 7.99. The quantitative estimate of drug-likeness (QED) is 0.430. The highest BCUT2D eigenvalue weighted by Crippen LogP contribution is 2.37. The third-order valence-electron chi connectivity index (χ3n) is 5.27. The van der Waals surface area contributed by atoms with Gasteiger partial charge in [0, 0.05) is 22.1 Å². The standard InChI is InChI=1S/C22H23ClN6OS2/c1-2-29-19(12-25-15-9-7-14(23)8-10-15)27-28-22(29)31-13-20(30)26-21-17(11-24)16-5-3-4-6-18(16)32-21/h7-10,25H,2-6,12-13H2,1H3,(H,26,30). The summed E-state index contributed by atoms with van der Waals surface area (Å²) in [5.41, 5.74) is 2.70. The van der Waals surface area contributed by atoms with Crippen LogP contribution in [0.15, 0.2) is 29.4 Å². The summed E-state index contributed by atoms with van der Waals surface area (Å²) in [4.78, 5) is 13.8. The molecule has 2 N–H and O–H groups in total. The van der Waals surface area contributed by atoms with Gasteiger partial charge >= 0.3 is 0 Å². The Labute approximate surface area is 200 Å². The van der Waals surface area contributed by atoms with E-state index >= 15 is 0 Å². The minimum atomic E-state index is -0.142. The number of amides is 1. The highest BCUT2D eigenvalue weighted by Gasteiger charge is 2.22. The monoisotopic (exact) mass is 486 g/mol. The fraction of sp³-hybridized carbons (Fsp3) is 0.364. The zero-order chi connectivity index (χ0) is 22.5. The second kappa shape index (κ2) is 10.4. The second-order valence-electron chi connectivity index (χ2n) is 7.37. The molecule has 2 aromatic heterocycles. The van der Waals surface area contributed by atoms with Gasteiger partial charge in [-0.05, 0) is 62.4 Å². The molecule has 2 heterocycles. The number of nitriles is 1. The molecule has 1 aromatic carbocycles. The summed E-state index contributed by atoms with van der Waals surface area (Å²) >= 11 is 8.82. The number of hydrogen-bond donors (Lipinski definition) is 2. The summed E-state index contributed by atoms with van der Waals surface area (Å²) in [6.07, 6.45) is 4.16. The van der Waals surface area contributed by atoms with Crippen molar-refractivity contribution in [3.63, 3.8) is 0 Å². The van der Waals surface area contributed by atoms with E-state index in [-0.39, 0.29) is 11.7 Å². The Morgan fingerprint density at radius 2 is 2.06 bits per heavy atom. The van der Waals surface area contributed by atoms with E-state index in [9.17, 15) is 10.1 Å². The minimum Gasteiger partial charge on any atom is -0.378 e. The summed E-state index contributed by atoms with van der Waals surface area (Å²) < 4.78 is 1.99. The van der Waals surface area contributed by atoms with Gasteiger partial charge in [0.1, 0.15) is 11.1 Å². The van der Waals surface area contributed by atoms with Crippen molar-refractivity contribution < 1.29 is 4.79 Å². The number of halogens is 1. The van der Waals surface area contributed by atoms with Gasteiger partial charge in [0.05, 0.1) is 17.9 Å². The summed E-state index contributed by atoms with van der Waals surface area (Å²) in [6.45, 7) is 3.24. The summed E-state index contributed by atoms with van der Waals surface area (Å²) in [5.74, 6) is 0.857. The van der Waals surface area contributed by atoms with Crippen LogP contribution in [-0.2, 0) is 30.7 Å². The van der Waals surface area contributed by atoms with Crippen LogP contribution in [0.3, 0.4) is 0 Å². The van der Waals surface area contributed by atoms with Crippen molar-refractivity contribution in [2.75, 3.05) is 16.4 Å². The molecule has 0 saturated heterocycles. The maximum absolute atomic E-state index is 12.6. The molecular weight excluding hydrogens is 464 g/mol. The molecule has 0 spiro atoms. The van der Waals surface area contributed by atoms with E-state index < -0.39 is 0 Å². The minimum absolute atomic E-state index is 0.142. The van der Waals surface area contributed by atoms with Crippen LogP contribution in [-0.4, -0.2) is 26.4 Å². The van der Waals surface area contributed by atoms with Crippen LogP contribution < -0.4 is 10.6 Å². The van der Waals surface area contributed by atoms with Crippen molar-refractivity contribution in [1.29, 1.82) is 5.26 Å². The Bertz CT molecular complexity index is 1150. The van der Waals surface area contributed by atoms with Gasteiger partial charge in [-0.25, -0.2) is 0 Å². The van der Waals surface area contributed by atoms with Gasteiger partial charge in [0.25, 0.3) is 0 Å². The molecule has 0 aliphatic heterocycles. The van der Waals surface area contributed by atoms with Crippen molar-refractivity contribution in [2.24, 2.45) is 0 Å². The van der Waals surface area contributed by atoms with Crippen molar-refractivity contribution in [3.05, 3.63) is 51.1 Å². The fourth-order valence-corrected chi connectivity index (χ4v) is 5.89. The van der Waals surface area contributed by atoms with Gasteiger partial charge in [0.15, 0.2) is 11.0 Å². The molecule has 7 nitrogen and oxygen atoms in total. The lowest BCUT2D eigenvalue weighted by atomic mass is 9.96. The predicted octanol–water partition coefficient (Wildman–Crippen LogP) is 5.11. The van der Waals surface area contributed by atoms with E-state index in [4.69, 9.17) is 11.6 Å². The van der Waals surface area contributed by atoms with Gasteiger partial charge in [-0.3, -0.25) is 4.79 Å². The first-order valence-electron chi connectivity index (χ1n) is 10.5. The number of anilines is 2. The molecule has 3 aromatic rings. The number of carbonyl (C=O) groups is 1. The fourth-order valence-electron chi connectivity index (χ4n) is 3.69. The Morgan fingerprint density at radius 3 is 2.81 bits per heavy atom. The number of fused-ring (bicyclic) bond motifs is 1. The van der Waals surface area contributed by atoms with Crippen LogP contribution in [0.2, 0.25) is 5.02 Å². The van der Waals surface area contributed by atoms with Gasteiger partial charge in [-0.2, -0.15) is 5.26 Å². The van der Waals surface area contributed by atoms with E-state index in [0.29, 0.717) is 33.8 Å². The third kappa shape index (κ3) is 5.09. The molecule has 32 heavy (non-hydrogen) atoms. The molecule has 0 saturated carbocycles. The van der Waals surface area contributed by atoms with E-state index in [1.54, 1.807) is 11.3 Å². The largest absolute Gasteiger partial charge is 0.378 e. The van der Waals surface area contributed by atoms with Crippen LogP contribution in [0, 0.1) is 11.3 Å². The average molecular weight is 487 g/mol. The van der Waals surface area contributed by atoms with Crippen LogP contribution >= 0.6 is 34.7 Å². The number of thioether (sulfide) groups is 1. The van der Waals surface area contributed by atoms with Crippen molar-refractivity contribution >= 4 is 51.3 Å². The number of carbonyl (C=O) groups excluding carboxylic acids is 1. The van der Waals surface area contributed by atoms with Crippen LogP contribution in [0.5, 0.6) is 0 Å². The van der Waals surface area contributed by atoms with E-state index in [0.717, 1.165) is 42.8 Å². The number of rotatable bonds is 8. The van der Waals surface area contributed by atoms with E-state index in [1.807, 2.05) is 35.8 Å². The van der Waals surface area contributed by atoms with Crippen LogP contribution in [0.25, 0.3) is 0 Å². The topological polar surface area (TPSA) is 95.6 Å². The van der Waals surface area contributed by atoms with E-state index in [1.165, 1.54) is 16.6 Å². The zero-order valence-electron chi connectivity index (χ0n) is 17.7. The molecule has 1 aliphatic rings. The maximum Gasteiger partial charge on any atom is 0.235 e. The van der Waals surface area contributed by atoms with Crippen molar-refractivity contribution in [3.8, 4) is 6.07 Å². The maximum atomic E-state index is 12.6. The van der Waals surface area contributed by atoms with Gasteiger partial charge in [0.2, 0.25) is 5.91 Å².